The van der Waals surface area contributed by atoms with Crippen LogP contribution in [0.2, 0.25) is 0 Å². The quantitative estimate of drug-likeness (QED) is 0.0878. The Bertz CT molecular complexity index is 1310. The van der Waals surface area contributed by atoms with Crippen LogP contribution < -0.4 is 9.47 Å². The van der Waals surface area contributed by atoms with Gasteiger partial charge in [-0.3, -0.25) is 9.59 Å². The van der Waals surface area contributed by atoms with Gasteiger partial charge in [0, 0.05) is 11.1 Å². The highest BCUT2D eigenvalue weighted by atomic mass is 16.5. The van der Waals surface area contributed by atoms with E-state index in [1.807, 2.05) is 121 Å². The van der Waals surface area contributed by atoms with Crippen LogP contribution in [0.1, 0.15) is 57.5 Å². The predicted octanol–water partition coefficient (Wildman–Crippen LogP) is 8.50. The number of allylic oxidation sites excluding steroid dienone is 2. The minimum absolute atomic E-state index is 0.0178. The third-order valence-corrected chi connectivity index (χ3v) is 6.26. The fraction of sp³-hybridized carbons (Fsp3) is 0.167. The summed E-state index contributed by atoms with van der Waals surface area (Å²) in [5.74, 6) is 1.57. The molecule has 0 aliphatic heterocycles. The maximum atomic E-state index is 12.3. The van der Waals surface area contributed by atoms with Crippen LogP contribution in [0.15, 0.2) is 121 Å². The van der Waals surface area contributed by atoms with E-state index in [0.717, 1.165) is 48.3 Å². The molecule has 0 amide bonds. The van der Waals surface area contributed by atoms with E-state index in [2.05, 4.69) is 0 Å². The van der Waals surface area contributed by atoms with Crippen molar-refractivity contribution >= 4 is 23.7 Å². The average molecular weight is 531 g/mol. The Kier molecular flexibility index (Phi) is 11.1. The zero-order valence-corrected chi connectivity index (χ0v) is 22.6. The molecule has 0 heterocycles. The second-order valence-corrected chi connectivity index (χ2v) is 9.38. The van der Waals surface area contributed by atoms with Crippen molar-refractivity contribution in [1.29, 1.82) is 0 Å². The maximum absolute atomic E-state index is 12.3. The third-order valence-electron chi connectivity index (χ3n) is 6.26. The van der Waals surface area contributed by atoms with E-state index in [1.165, 1.54) is 0 Å². The summed E-state index contributed by atoms with van der Waals surface area (Å²) in [4.78, 5) is 24.5. The third kappa shape index (κ3) is 9.55. The minimum Gasteiger partial charge on any atom is -0.494 e. The number of benzene rings is 4. The first-order chi connectivity index (χ1) is 19.7. The van der Waals surface area contributed by atoms with Crippen molar-refractivity contribution in [2.75, 3.05) is 13.2 Å². The van der Waals surface area contributed by atoms with Crippen LogP contribution >= 0.6 is 0 Å². The van der Waals surface area contributed by atoms with Gasteiger partial charge in [-0.05, 0) is 73.2 Å². The molecule has 0 saturated heterocycles. The summed E-state index contributed by atoms with van der Waals surface area (Å²) < 4.78 is 11.8. The molecule has 0 aromatic heterocycles. The minimum atomic E-state index is -0.0178. The van der Waals surface area contributed by atoms with E-state index in [1.54, 1.807) is 12.2 Å². The molecular formula is C36H34O4. The number of carbonyl (C=O) groups excluding carboxylic acids is 2. The van der Waals surface area contributed by atoms with Crippen molar-refractivity contribution in [3.05, 3.63) is 144 Å². The van der Waals surface area contributed by atoms with Gasteiger partial charge in [-0.15, -0.1) is 0 Å². The zero-order valence-electron chi connectivity index (χ0n) is 22.6. The fourth-order valence-corrected chi connectivity index (χ4v) is 4.09. The van der Waals surface area contributed by atoms with Crippen LogP contribution in [0.25, 0.3) is 12.2 Å². The summed E-state index contributed by atoms with van der Waals surface area (Å²) >= 11 is 0. The predicted molar refractivity (Wildman–Crippen MR) is 162 cm³/mol. The van der Waals surface area contributed by atoms with Gasteiger partial charge in [0.1, 0.15) is 11.5 Å². The van der Waals surface area contributed by atoms with E-state index < -0.39 is 0 Å². The fourth-order valence-electron chi connectivity index (χ4n) is 4.09. The van der Waals surface area contributed by atoms with Gasteiger partial charge in [-0.1, -0.05) is 97.1 Å². The summed E-state index contributed by atoms with van der Waals surface area (Å²) in [7, 11) is 0. The van der Waals surface area contributed by atoms with Gasteiger partial charge >= 0.3 is 0 Å². The first kappa shape index (κ1) is 28.3. The Morgan fingerprint density at radius 1 is 0.500 bits per heavy atom. The molecule has 0 bridgehead atoms. The van der Waals surface area contributed by atoms with Crippen LogP contribution in [-0.4, -0.2) is 24.8 Å². The molecule has 0 aliphatic rings. The molecule has 0 saturated carbocycles. The van der Waals surface area contributed by atoms with E-state index in [0.29, 0.717) is 24.3 Å². The van der Waals surface area contributed by atoms with E-state index in [-0.39, 0.29) is 11.6 Å². The molecule has 4 nitrogen and oxygen atoms in total. The van der Waals surface area contributed by atoms with E-state index in [9.17, 15) is 9.59 Å². The lowest BCUT2D eigenvalue weighted by Gasteiger charge is -2.08. The average Bonchev–Trinajstić information content (AvgIpc) is 3.01. The first-order valence-electron chi connectivity index (χ1n) is 13.7. The molecule has 0 radical (unpaired) electrons. The van der Waals surface area contributed by atoms with Gasteiger partial charge < -0.3 is 9.47 Å². The van der Waals surface area contributed by atoms with Gasteiger partial charge in [0.2, 0.25) is 0 Å². The number of ether oxygens (including phenoxy) is 2. The molecule has 4 heteroatoms. The van der Waals surface area contributed by atoms with Crippen LogP contribution in [-0.2, 0) is 0 Å². The Morgan fingerprint density at radius 2 is 0.925 bits per heavy atom. The van der Waals surface area contributed by atoms with Crippen molar-refractivity contribution in [2.45, 2.75) is 25.7 Å². The molecule has 0 atom stereocenters. The zero-order chi connectivity index (χ0) is 27.8. The van der Waals surface area contributed by atoms with Crippen molar-refractivity contribution < 1.29 is 19.1 Å². The van der Waals surface area contributed by atoms with Gasteiger partial charge in [0.25, 0.3) is 0 Å². The van der Waals surface area contributed by atoms with E-state index >= 15 is 0 Å². The molecule has 202 valence electrons. The number of carbonyl (C=O) groups is 2. The molecule has 0 unspecified atom stereocenters. The summed E-state index contributed by atoms with van der Waals surface area (Å²) in [6.45, 7) is 1.29. The Morgan fingerprint density at radius 3 is 1.35 bits per heavy atom. The number of hydrogen-bond acceptors (Lipinski definition) is 4. The summed E-state index contributed by atoms with van der Waals surface area (Å²) in [6.07, 6.45) is 10.9. The second kappa shape index (κ2) is 15.6. The number of ketones is 2. The monoisotopic (exact) mass is 530 g/mol. The van der Waals surface area contributed by atoms with Crippen molar-refractivity contribution in [1.82, 2.24) is 0 Å². The Labute approximate surface area is 236 Å². The number of rotatable bonds is 15. The second-order valence-electron chi connectivity index (χ2n) is 9.38. The molecular weight excluding hydrogens is 496 g/mol. The summed E-state index contributed by atoms with van der Waals surface area (Å²) in [6, 6.07) is 34.0. The molecule has 4 aromatic carbocycles. The van der Waals surface area contributed by atoms with Gasteiger partial charge in [-0.2, -0.15) is 0 Å². The highest BCUT2D eigenvalue weighted by Gasteiger charge is 2.02. The Balaban J connectivity index is 1.11. The largest absolute Gasteiger partial charge is 0.494 e. The van der Waals surface area contributed by atoms with Crippen molar-refractivity contribution in [3.63, 3.8) is 0 Å². The van der Waals surface area contributed by atoms with Crippen LogP contribution in [0, 0.1) is 0 Å². The molecule has 0 aliphatic carbocycles. The normalized spacial score (nSPS) is 11.1. The van der Waals surface area contributed by atoms with Gasteiger partial charge in [-0.25, -0.2) is 0 Å². The SMILES string of the molecule is O=C(/C=C/c1cccc(OCCCCCCOc2cccc(/C=C/C(=O)c3ccccc3)c2)c1)c1ccccc1. The molecule has 4 aromatic rings. The number of hydrogen-bond donors (Lipinski definition) is 0. The van der Waals surface area contributed by atoms with Crippen LogP contribution in [0.3, 0.4) is 0 Å². The molecule has 0 spiro atoms. The van der Waals surface area contributed by atoms with Gasteiger partial charge in [0.15, 0.2) is 11.6 Å². The van der Waals surface area contributed by atoms with Crippen molar-refractivity contribution in [2.24, 2.45) is 0 Å². The first-order valence-corrected chi connectivity index (χ1v) is 13.7. The molecule has 40 heavy (non-hydrogen) atoms. The lowest BCUT2D eigenvalue weighted by molar-refractivity contribution is 0.103. The lowest BCUT2D eigenvalue weighted by Crippen LogP contribution is -2.00. The molecule has 0 fully saturated rings. The molecule has 0 N–H and O–H groups in total. The summed E-state index contributed by atoms with van der Waals surface area (Å²) in [5.41, 5.74) is 3.21. The van der Waals surface area contributed by atoms with Crippen LogP contribution in [0.5, 0.6) is 11.5 Å². The number of unbranched alkanes of at least 4 members (excludes halogenated alkanes) is 3. The highest BCUT2D eigenvalue weighted by Crippen LogP contribution is 2.17. The lowest BCUT2D eigenvalue weighted by atomic mass is 10.1. The standard InChI is InChI=1S/C36H34O4/c37-35(31-15-5-3-6-16-31)23-21-29-13-11-19-33(27-29)39-25-9-1-2-10-26-40-34-20-12-14-30(28-34)22-24-36(38)32-17-7-4-8-18-32/h3-8,11-24,27-28H,1-2,9-10,25-26H2/b23-21+,24-22+. The highest BCUT2D eigenvalue weighted by molar-refractivity contribution is 6.07. The maximum Gasteiger partial charge on any atom is 0.185 e. The van der Waals surface area contributed by atoms with E-state index in [4.69, 9.17) is 9.47 Å². The topological polar surface area (TPSA) is 52.6 Å². The molecule has 4 rings (SSSR count). The smallest absolute Gasteiger partial charge is 0.185 e. The van der Waals surface area contributed by atoms with Gasteiger partial charge in [0.05, 0.1) is 13.2 Å². The van der Waals surface area contributed by atoms with Crippen LogP contribution in [0.4, 0.5) is 0 Å². The summed E-state index contributed by atoms with van der Waals surface area (Å²) in [5, 5.41) is 0. The Hall–Kier alpha value is -4.70. The van der Waals surface area contributed by atoms with Crippen molar-refractivity contribution in [3.8, 4) is 11.5 Å².